The molecule has 0 radical (unpaired) electrons. The van der Waals surface area contributed by atoms with Gasteiger partial charge in [0.1, 0.15) is 5.75 Å². The van der Waals surface area contributed by atoms with Gasteiger partial charge in [0.05, 0.1) is 19.8 Å². The van der Waals surface area contributed by atoms with Crippen LogP contribution in [0, 0.1) is 0 Å². The summed E-state index contributed by atoms with van der Waals surface area (Å²) in [6.07, 6.45) is 1.04. The molecular formula is C14H22N2O2. The topological polar surface area (TPSA) is 47.7 Å². The Balaban J connectivity index is 1.68. The van der Waals surface area contributed by atoms with Gasteiger partial charge in [0.15, 0.2) is 0 Å². The van der Waals surface area contributed by atoms with Gasteiger partial charge in [-0.25, -0.2) is 0 Å². The first kappa shape index (κ1) is 13.3. The van der Waals surface area contributed by atoms with Crippen LogP contribution < -0.4 is 10.5 Å². The number of ether oxygens (including phenoxy) is 2. The van der Waals surface area contributed by atoms with Crippen molar-refractivity contribution in [1.29, 1.82) is 0 Å². The number of hydrogen-bond donors (Lipinski definition) is 1. The molecule has 1 heterocycles. The Morgan fingerprint density at radius 2 is 2.00 bits per heavy atom. The average Bonchev–Trinajstić information content (AvgIpc) is 2.45. The van der Waals surface area contributed by atoms with E-state index in [2.05, 4.69) is 4.90 Å². The molecule has 4 nitrogen and oxygen atoms in total. The molecule has 0 unspecified atom stereocenters. The Morgan fingerprint density at radius 3 is 2.78 bits per heavy atom. The molecule has 0 bridgehead atoms. The summed E-state index contributed by atoms with van der Waals surface area (Å²) in [5.41, 5.74) is 6.74. The van der Waals surface area contributed by atoms with E-state index < -0.39 is 0 Å². The van der Waals surface area contributed by atoms with Gasteiger partial charge in [0, 0.05) is 31.7 Å². The van der Waals surface area contributed by atoms with Crippen molar-refractivity contribution in [3.8, 4) is 5.75 Å². The molecule has 18 heavy (non-hydrogen) atoms. The predicted molar refractivity (Wildman–Crippen MR) is 71.7 cm³/mol. The molecule has 0 amide bonds. The molecule has 4 heteroatoms. The average molecular weight is 250 g/mol. The molecule has 1 aliphatic heterocycles. The Bertz CT molecular complexity index is 351. The van der Waals surface area contributed by atoms with E-state index in [1.54, 1.807) is 0 Å². The predicted octanol–water partition coefficient (Wildman–Crippen LogP) is 1.25. The summed E-state index contributed by atoms with van der Waals surface area (Å²) in [4.78, 5) is 2.42. The summed E-state index contributed by atoms with van der Waals surface area (Å²) in [6, 6.07) is 7.97. The van der Waals surface area contributed by atoms with Gasteiger partial charge in [-0.15, -0.1) is 0 Å². The Labute approximate surface area is 109 Å². The quantitative estimate of drug-likeness (QED) is 0.772. The van der Waals surface area contributed by atoms with Crippen molar-refractivity contribution in [1.82, 2.24) is 4.90 Å². The molecule has 2 N–H and O–H groups in total. The smallest absolute Gasteiger partial charge is 0.123 e. The molecule has 2 rings (SSSR count). The van der Waals surface area contributed by atoms with Gasteiger partial charge in [0.25, 0.3) is 0 Å². The first-order valence-electron chi connectivity index (χ1n) is 6.61. The van der Waals surface area contributed by atoms with Crippen LogP contribution >= 0.6 is 0 Å². The second kappa shape index (κ2) is 7.36. The highest BCUT2D eigenvalue weighted by Crippen LogP contribution is 2.17. The molecule has 0 atom stereocenters. The van der Waals surface area contributed by atoms with Gasteiger partial charge < -0.3 is 15.2 Å². The lowest BCUT2D eigenvalue weighted by Crippen LogP contribution is -2.37. The number of nitrogens with two attached hydrogens (primary N) is 1. The van der Waals surface area contributed by atoms with E-state index in [1.165, 1.54) is 0 Å². The maximum absolute atomic E-state index is 5.78. The van der Waals surface area contributed by atoms with E-state index in [0.717, 1.165) is 57.2 Å². The highest BCUT2D eigenvalue weighted by Gasteiger charge is 2.09. The molecular weight excluding hydrogens is 228 g/mol. The molecule has 0 saturated carbocycles. The van der Waals surface area contributed by atoms with Gasteiger partial charge in [0.2, 0.25) is 0 Å². The summed E-state index contributed by atoms with van der Waals surface area (Å²) in [6.45, 7) is 6.15. The lowest BCUT2D eigenvalue weighted by molar-refractivity contribution is 0.0358. The molecule has 0 aliphatic carbocycles. The Kier molecular flexibility index (Phi) is 5.45. The zero-order valence-corrected chi connectivity index (χ0v) is 10.8. The summed E-state index contributed by atoms with van der Waals surface area (Å²) >= 11 is 0. The zero-order valence-electron chi connectivity index (χ0n) is 10.8. The number of nitrogens with zero attached hydrogens (tertiary/aromatic N) is 1. The van der Waals surface area contributed by atoms with Crippen molar-refractivity contribution in [3.63, 3.8) is 0 Å². The van der Waals surface area contributed by atoms with E-state index in [0.29, 0.717) is 6.54 Å². The van der Waals surface area contributed by atoms with E-state index in [-0.39, 0.29) is 0 Å². The summed E-state index contributed by atoms with van der Waals surface area (Å²) < 4.78 is 11.1. The third-order valence-electron chi connectivity index (χ3n) is 3.17. The Hall–Kier alpha value is -1.10. The van der Waals surface area contributed by atoms with E-state index in [9.17, 15) is 0 Å². The molecule has 1 fully saturated rings. The second-order valence-electron chi connectivity index (χ2n) is 4.47. The molecule has 100 valence electrons. The first-order valence-corrected chi connectivity index (χ1v) is 6.61. The molecule has 1 aromatic rings. The first-order chi connectivity index (χ1) is 8.90. The third kappa shape index (κ3) is 3.98. The lowest BCUT2D eigenvalue weighted by Gasteiger charge is -2.26. The van der Waals surface area contributed by atoms with Gasteiger partial charge in [-0.1, -0.05) is 18.2 Å². The summed E-state index contributed by atoms with van der Waals surface area (Å²) in [7, 11) is 0. The largest absolute Gasteiger partial charge is 0.493 e. The number of para-hydroxylation sites is 1. The number of rotatable bonds is 6. The number of hydrogen-bond acceptors (Lipinski definition) is 4. The number of benzene rings is 1. The minimum absolute atomic E-state index is 0.527. The van der Waals surface area contributed by atoms with E-state index in [4.69, 9.17) is 15.2 Å². The zero-order chi connectivity index (χ0) is 12.6. The van der Waals surface area contributed by atoms with Crippen LogP contribution in [0.1, 0.15) is 12.0 Å². The van der Waals surface area contributed by atoms with E-state index >= 15 is 0 Å². The van der Waals surface area contributed by atoms with E-state index in [1.807, 2.05) is 24.3 Å². The Morgan fingerprint density at radius 1 is 1.22 bits per heavy atom. The standard InChI is InChI=1S/C14H22N2O2/c15-12-13-4-1-2-5-14(13)18-9-3-6-16-7-10-17-11-8-16/h1-2,4-5H,3,6-12,15H2. The fourth-order valence-electron chi connectivity index (χ4n) is 2.11. The van der Waals surface area contributed by atoms with Crippen molar-refractivity contribution in [3.05, 3.63) is 29.8 Å². The van der Waals surface area contributed by atoms with Crippen LogP contribution in [0.2, 0.25) is 0 Å². The van der Waals surface area contributed by atoms with Gasteiger partial charge in [-0.2, -0.15) is 0 Å². The van der Waals surface area contributed by atoms with Crippen molar-refractivity contribution >= 4 is 0 Å². The van der Waals surface area contributed by atoms with Crippen molar-refractivity contribution < 1.29 is 9.47 Å². The highest BCUT2D eigenvalue weighted by molar-refractivity contribution is 5.32. The van der Waals surface area contributed by atoms with Crippen molar-refractivity contribution in [2.24, 2.45) is 5.73 Å². The van der Waals surface area contributed by atoms with Crippen molar-refractivity contribution in [2.45, 2.75) is 13.0 Å². The molecule has 0 spiro atoms. The second-order valence-corrected chi connectivity index (χ2v) is 4.47. The number of morpholine rings is 1. The molecule has 1 aliphatic rings. The normalized spacial score (nSPS) is 16.7. The van der Waals surface area contributed by atoms with Crippen molar-refractivity contribution in [2.75, 3.05) is 39.5 Å². The lowest BCUT2D eigenvalue weighted by atomic mass is 10.2. The van der Waals surface area contributed by atoms with Crippen LogP contribution in [0.3, 0.4) is 0 Å². The minimum Gasteiger partial charge on any atom is -0.493 e. The maximum atomic E-state index is 5.78. The SMILES string of the molecule is NCc1ccccc1OCCCN1CCOCC1. The maximum Gasteiger partial charge on any atom is 0.123 e. The fourth-order valence-corrected chi connectivity index (χ4v) is 2.11. The molecule has 0 aromatic heterocycles. The minimum atomic E-state index is 0.527. The third-order valence-corrected chi connectivity index (χ3v) is 3.17. The van der Waals surface area contributed by atoms with Crippen LogP contribution in [0.15, 0.2) is 24.3 Å². The molecule has 1 aromatic carbocycles. The van der Waals surface area contributed by atoms with Crippen LogP contribution in [0.5, 0.6) is 5.75 Å². The summed E-state index contributed by atoms with van der Waals surface area (Å²) in [5, 5.41) is 0. The highest BCUT2D eigenvalue weighted by atomic mass is 16.5. The van der Waals surface area contributed by atoms with Crippen LogP contribution in [-0.4, -0.2) is 44.4 Å². The van der Waals surface area contributed by atoms with Crippen LogP contribution in [0.4, 0.5) is 0 Å². The van der Waals surface area contributed by atoms with Crippen LogP contribution in [0.25, 0.3) is 0 Å². The van der Waals surface area contributed by atoms with Gasteiger partial charge in [-0.05, 0) is 12.5 Å². The summed E-state index contributed by atoms with van der Waals surface area (Å²) in [5.74, 6) is 0.918. The monoisotopic (exact) mass is 250 g/mol. The van der Waals surface area contributed by atoms with Crippen LogP contribution in [-0.2, 0) is 11.3 Å². The van der Waals surface area contributed by atoms with Gasteiger partial charge in [-0.3, -0.25) is 4.90 Å². The molecule has 1 saturated heterocycles. The fraction of sp³-hybridized carbons (Fsp3) is 0.571. The van der Waals surface area contributed by atoms with Gasteiger partial charge >= 0.3 is 0 Å².